The zero-order valence-electron chi connectivity index (χ0n) is 4.66. The van der Waals surface area contributed by atoms with Gasteiger partial charge in [-0.2, -0.15) is 0 Å². The molecular formula is C4H5Cl3OS. The van der Waals surface area contributed by atoms with E-state index in [0.717, 1.165) is 0 Å². The third-order valence-electron chi connectivity index (χ3n) is 0.507. The van der Waals surface area contributed by atoms with Crippen LogP contribution < -0.4 is 0 Å². The molecule has 0 rings (SSSR count). The molecule has 0 aliphatic carbocycles. The summed E-state index contributed by atoms with van der Waals surface area (Å²) in [5, 5.41) is -0.00463. The van der Waals surface area contributed by atoms with Crippen molar-refractivity contribution >= 4 is 52.1 Å². The summed E-state index contributed by atoms with van der Waals surface area (Å²) in [7, 11) is 0. The van der Waals surface area contributed by atoms with Gasteiger partial charge in [0, 0.05) is 0 Å². The van der Waals surface area contributed by atoms with E-state index >= 15 is 0 Å². The maximum absolute atomic E-state index is 5.33. The molecule has 0 saturated carbocycles. The Kier molecular flexibility index (Phi) is 4.14. The van der Waals surface area contributed by atoms with E-state index in [1.54, 1.807) is 6.92 Å². The average Bonchev–Trinajstić information content (AvgIpc) is 1.64. The fourth-order valence-corrected chi connectivity index (χ4v) is 0.494. The summed E-state index contributed by atoms with van der Waals surface area (Å²) < 4.78 is 3.18. The van der Waals surface area contributed by atoms with E-state index in [9.17, 15) is 0 Å². The molecule has 0 heterocycles. The van der Waals surface area contributed by atoms with Crippen molar-refractivity contribution in [2.45, 2.75) is 10.7 Å². The average molecular weight is 208 g/mol. The highest BCUT2D eigenvalue weighted by atomic mass is 35.6. The third kappa shape index (κ3) is 4.20. The molecule has 0 amide bonds. The van der Waals surface area contributed by atoms with Crippen LogP contribution >= 0.6 is 47.0 Å². The van der Waals surface area contributed by atoms with Crippen LogP contribution in [0.2, 0.25) is 0 Å². The first-order valence-electron chi connectivity index (χ1n) is 2.22. The van der Waals surface area contributed by atoms with Crippen molar-refractivity contribution in [2.75, 3.05) is 6.61 Å². The summed E-state index contributed by atoms with van der Waals surface area (Å²) in [6, 6.07) is 0. The summed E-state index contributed by atoms with van der Waals surface area (Å²) in [5.74, 6) is 0. The standard InChI is InChI=1S/C4H5Cl3OS/c1-2-8-3(9)4(5,6)7/h2H2,1H3. The molecule has 0 aromatic rings. The number of rotatable bonds is 1. The molecule has 5 heteroatoms. The van der Waals surface area contributed by atoms with Gasteiger partial charge < -0.3 is 4.74 Å². The Hall–Kier alpha value is 0.760. The molecule has 0 saturated heterocycles. The normalized spacial score (nSPS) is 11.1. The van der Waals surface area contributed by atoms with Crippen molar-refractivity contribution in [3.8, 4) is 0 Å². The predicted molar refractivity (Wildman–Crippen MR) is 44.5 cm³/mol. The number of hydrogen-bond acceptors (Lipinski definition) is 2. The molecule has 0 aromatic heterocycles. The van der Waals surface area contributed by atoms with Gasteiger partial charge >= 0.3 is 0 Å². The van der Waals surface area contributed by atoms with Gasteiger partial charge in [-0.1, -0.05) is 34.8 Å². The van der Waals surface area contributed by atoms with Crippen LogP contribution in [0, 0.1) is 0 Å². The molecule has 0 N–H and O–H groups in total. The lowest BCUT2D eigenvalue weighted by atomic mass is 10.8. The Balaban J connectivity index is 3.74. The Morgan fingerprint density at radius 2 is 2.00 bits per heavy atom. The fourth-order valence-electron chi connectivity index (χ4n) is 0.213. The number of ether oxygens (including phenoxy) is 1. The monoisotopic (exact) mass is 206 g/mol. The van der Waals surface area contributed by atoms with Crippen LogP contribution in [0.5, 0.6) is 0 Å². The zero-order valence-corrected chi connectivity index (χ0v) is 7.74. The minimum absolute atomic E-state index is 0.00463. The molecule has 0 aliphatic rings. The van der Waals surface area contributed by atoms with Gasteiger partial charge in [-0.05, 0) is 19.1 Å². The fraction of sp³-hybridized carbons (Fsp3) is 0.750. The van der Waals surface area contributed by atoms with Crippen LogP contribution in [0.3, 0.4) is 0 Å². The van der Waals surface area contributed by atoms with Gasteiger partial charge in [0.15, 0.2) is 0 Å². The largest absolute Gasteiger partial charge is 0.484 e. The first kappa shape index (κ1) is 9.76. The molecule has 0 fully saturated rings. The number of thiocarbonyl (C=S) groups is 1. The quantitative estimate of drug-likeness (QED) is 0.483. The van der Waals surface area contributed by atoms with Gasteiger partial charge in [-0.25, -0.2) is 0 Å². The molecule has 0 atom stereocenters. The highest BCUT2D eigenvalue weighted by Crippen LogP contribution is 2.28. The van der Waals surface area contributed by atoms with Crippen molar-refractivity contribution in [3.63, 3.8) is 0 Å². The lowest BCUT2D eigenvalue weighted by molar-refractivity contribution is 0.330. The van der Waals surface area contributed by atoms with Crippen molar-refractivity contribution in [1.29, 1.82) is 0 Å². The summed E-state index contributed by atoms with van der Waals surface area (Å²) in [4.78, 5) is 0. The van der Waals surface area contributed by atoms with Gasteiger partial charge in [0.1, 0.15) is 0 Å². The van der Waals surface area contributed by atoms with E-state index in [4.69, 9.17) is 39.5 Å². The molecule has 9 heavy (non-hydrogen) atoms. The van der Waals surface area contributed by atoms with Gasteiger partial charge in [-0.15, -0.1) is 0 Å². The molecule has 54 valence electrons. The predicted octanol–water partition coefficient (Wildman–Crippen LogP) is 2.72. The van der Waals surface area contributed by atoms with Crippen LogP contribution in [0.25, 0.3) is 0 Å². The van der Waals surface area contributed by atoms with E-state index in [1.165, 1.54) is 0 Å². The van der Waals surface area contributed by atoms with Crippen LogP contribution in [0.15, 0.2) is 0 Å². The van der Waals surface area contributed by atoms with Gasteiger partial charge in [0.25, 0.3) is 3.79 Å². The maximum Gasteiger partial charge on any atom is 0.258 e. The van der Waals surface area contributed by atoms with E-state index in [0.29, 0.717) is 6.61 Å². The smallest absolute Gasteiger partial charge is 0.258 e. The van der Waals surface area contributed by atoms with Crippen LogP contribution in [0.1, 0.15) is 6.92 Å². The molecule has 0 aliphatic heterocycles. The molecule has 1 nitrogen and oxygen atoms in total. The Morgan fingerprint density at radius 1 is 1.56 bits per heavy atom. The third-order valence-corrected chi connectivity index (χ3v) is 1.78. The minimum Gasteiger partial charge on any atom is -0.484 e. The van der Waals surface area contributed by atoms with Crippen molar-refractivity contribution in [1.82, 2.24) is 0 Å². The second-order valence-corrected chi connectivity index (χ2v) is 3.87. The molecule has 0 unspecified atom stereocenters. The van der Waals surface area contributed by atoms with Crippen LogP contribution in [-0.2, 0) is 4.74 Å². The molecule has 0 spiro atoms. The van der Waals surface area contributed by atoms with Crippen molar-refractivity contribution in [2.24, 2.45) is 0 Å². The minimum atomic E-state index is -1.56. The maximum atomic E-state index is 5.33. The van der Waals surface area contributed by atoms with E-state index in [1.807, 2.05) is 0 Å². The van der Waals surface area contributed by atoms with E-state index in [-0.39, 0.29) is 5.05 Å². The Morgan fingerprint density at radius 3 is 2.11 bits per heavy atom. The summed E-state index contributed by atoms with van der Waals surface area (Å²) in [5.41, 5.74) is 0. The second-order valence-electron chi connectivity index (χ2n) is 1.22. The summed E-state index contributed by atoms with van der Waals surface area (Å²) in [6.07, 6.45) is 0. The first-order valence-corrected chi connectivity index (χ1v) is 3.76. The Labute approximate surface area is 74.2 Å². The highest BCUT2D eigenvalue weighted by Gasteiger charge is 2.27. The number of halogens is 3. The lowest BCUT2D eigenvalue weighted by Gasteiger charge is -2.11. The molecule has 0 radical (unpaired) electrons. The number of alkyl halides is 3. The molecule has 0 bridgehead atoms. The zero-order chi connectivity index (χ0) is 7.49. The van der Waals surface area contributed by atoms with Crippen LogP contribution in [-0.4, -0.2) is 15.5 Å². The van der Waals surface area contributed by atoms with Gasteiger partial charge in [-0.3, -0.25) is 0 Å². The summed E-state index contributed by atoms with van der Waals surface area (Å²) >= 11 is 20.6. The van der Waals surface area contributed by atoms with Crippen molar-refractivity contribution in [3.05, 3.63) is 0 Å². The molecule has 0 aromatic carbocycles. The SMILES string of the molecule is CCOC(=S)C(Cl)(Cl)Cl. The van der Waals surface area contributed by atoms with Gasteiger partial charge in [0.2, 0.25) is 5.05 Å². The van der Waals surface area contributed by atoms with Crippen LogP contribution in [0.4, 0.5) is 0 Å². The van der Waals surface area contributed by atoms with E-state index < -0.39 is 3.79 Å². The van der Waals surface area contributed by atoms with Crippen molar-refractivity contribution < 1.29 is 4.74 Å². The Bertz CT molecular complexity index is 109. The second kappa shape index (κ2) is 3.81. The molecular weight excluding hydrogens is 202 g/mol. The summed E-state index contributed by atoms with van der Waals surface area (Å²) in [6.45, 7) is 2.19. The topological polar surface area (TPSA) is 9.23 Å². The van der Waals surface area contributed by atoms with E-state index in [2.05, 4.69) is 12.2 Å². The number of hydrogen-bond donors (Lipinski definition) is 0. The first-order chi connectivity index (χ1) is 3.98. The highest BCUT2D eigenvalue weighted by molar-refractivity contribution is 7.80. The van der Waals surface area contributed by atoms with Gasteiger partial charge in [0.05, 0.1) is 6.61 Å². The lowest BCUT2D eigenvalue weighted by Crippen LogP contribution is -2.19.